The van der Waals surface area contributed by atoms with Gasteiger partial charge in [-0.15, -0.1) is 0 Å². The first-order valence-electron chi connectivity index (χ1n) is 8.95. The average Bonchev–Trinajstić information content (AvgIpc) is 3.16. The number of halogens is 6. The highest BCUT2D eigenvalue weighted by atomic mass is 32.2. The van der Waals surface area contributed by atoms with Crippen LogP contribution in [0.3, 0.4) is 0 Å². The Labute approximate surface area is 177 Å². The highest BCUT2D eigenvalue weighted by Gasteiger charge is 2.46. The molecule has 32 heavy (non-hydrogen) atoms. The molecule has 0 saturated heterocycles. The molecule has 0 spiro atoms. The van der Waals surface area contributed by atoms with E-state index in [0.29, 0.717) is 28.0 Å². The summed E-state index contributed by atoms with van der Waals surface area (Å²) in [7, 11) is -5.43. The van der Waals surface area contributed by atoms with Crippen molar-refractivity contribution in [3.63, 3.8) is 0 Å². The van der Waals surface area contributed by atoms with Gasteiger partial charge in [0.1, 0.15) is 5.82 Å². The summed E-state index contributed by atoms with van der Waals surface area (Å²) >= 11 is 0. The first kappa shape index (κ1) is 21.9. The van der Waals surface area contributed by atoms with Crippen LogP contribution in [0, 0.1) is 0 Å². The number of hydrogen-bond donors (Lipinski definition) is 1. The van der Waals surface area contributed by atoms with Gasteiger partial charge in [0.05, 0.1) is 21.5 Å². The summed E-state index contributed by atoms with van der Waals surface area (Å²) in [5.41, 5.74) is -3.94. The molecule has 11 heteroatoms. The molecule has 1 aromatic heterocycles. The van der Waals surface area contributed by atoms with Gasteiger partial charge in [-0.05, 0) is 41.5 Å². The summed E-state index contributed by atoms with van der Waals surface area (Å²) in [6.07, 6.45) is -4.48. The van der Waals surface area contributed by atoms with Crippen LogP contribution in [0.2, 0.25) is 0 Å². The zero-order valence-electron chi connectivity index (χ0n) is 15.8. The fourth-order valence-corrected chi connectivity index (χ4v) is 3.87. The monoisotopic (exact) mass is 470 g/mol. The van der Waals surface area contributed by atoms with Crippen molar-refractivity contribution in [2.75, 3.05) is 0 Å². The molecule has 4 nitrogen and oxygen atoms in total. The Morgan fingerprint density at radius 3 is 1.78 bits per heavy atom. The van der Waals surface area contributed by atoms with Gasteiger partial charge in [-0.2, -0.15) is 26.3 Å². The lowest BCUT2D eigenvalue weighted by Gasteiger charge is -2.09. The summed E-state index contributed by atoms with van der Waals surface area (Å²) in [4.78, 5) is 6.26. The van der Waals surface area contributed by atoms with Gasteiger partial charge in [-0.3, -0.25) is 0 Å². The minimum Gasteiger partial charge on any atom is -0.338 e. The number of hydrogen-bond acceptors (Lipinski definition) is 3. The molecule has 3 aromatic carbocycles. The number of imidazole rings is 1. The molecular formula is C21H12F6N2O2S. The lowest BCUT2D eigenvalue weighted by atomic mass is 10.0. The van der Waals surface area contributed by atoms with Crippen molar-refractivity contribution in [3.05, 3.63) is 72.3 Å². The summed E-state index contributed by atoms with van der Waals surface area (Å²) in [5.74, 6) is 0.345. The predicted octanol–water partition coefficient (Wildman–Crippen LogP) is 6.21. The van der Waals surface area contributed by atoms with Gasteiger partial charge in [0.15, 0.2) is 0 Å². The van der Waals surface area contributed by atoms with E-state index in [1.54, 1.807) is 24.3 Å². The second-order valence-electron chi connectivity index (χ2n) is 6.87. The van der Waals surface area contributed by atoms with E-state index in [1.807, 2.05) is 0 Å². The third-order valence-corrected chi connectivity index (χ3v) is 6.27. The molecule has 0 aliphatic carbocycles. The number of benzene rings is 3. The van der Waals surface area contributed by atoms with Gasteiger partial charge in [0, 0.05) is 5.56 Å². The fourth-order valence-electron chi connectivity index (χ4n) is 3.10. The highest BCUT2D eigenvalue weighted by Crippen LogP contribution is 2.33. The number of H-pyrrole nitrogens is 1. The molecule has 1 N–H and O–H groups in total. The molecule has 0 bridgehead atoms. The maximum absolute atomic E-state index is 12.9. The number of fused-ring (bicyclic) bond motifs is 1. The Hall–Kier alpha value is -3.34. The molecule has 0 atom stereocenters. The number of rotatable bonds is 3. The molecule has 0 unspecified atom stereocenters. The maximum atomic E-state index is 12.9. The molecule has 4 rings (SSSR count). The van der Waals surface area contributed by atoms with Crippen LogP contribution in [0.4, 0.5) is 26.3 Å². The quantitative estimate of drug-likeness (QED) is 0.362. The number of sulfone groups is 1. The number of nitrogens with one attached hydrogen (secondary N) is 1. The van der Waals surface area contributed by atoms with Crippen molar-refractivity contribution in [1.29, 1.82) is 0 Å². The number of alkyl halides is 6. The van der Waals surface area contributed by atoms with Crippen LogP contribution >= 0.6 is 0 Å². The SMILES string of the molecule is O=S(=O)(c1ccc(-c2ccc(-c3nc4ccc(C(F)(F)F)cc4[nH]3)cc2)cc1)C(F)(F)F. The predicted molar refractivity (Wildman–Crippen MR) is 105 cm³/mol. The van der Waals surface area contributed by atoms with E-state index in [2.05, 4.69) is 9.97 Å². The van der Waals surface area contributed by atoms with E-state index >= 15 is 0 Å². The molecule has 0 saturated carbocycles. The number of aromatic nitrogens is 2. The van der Waals surface area contributed by atoms with E-state index in [9.17, 15) is 34.8 Å². The van der Waals surface area contributed by atoms with Crippen LogP contribution in [0.25, 0.3) is 33.5 Å². The first-order chi connectivity index (χ1) is 14.9. The minimum absolute atomic E-state index is 0.223. The van der Waals surface area contributed by atoms with Crippen LogP contribution in [-0.2, 0) is 16.0 Å². The van der Waals surface area contributed by atoms with Crippen molar-refractivity contribution in [2.45, 2.75) is 16.6 Å². The van der Waals surface area contributed by atoms with Crippen molar-refractivity contribution in [1.82, 2.24) is 9.97 Å². The van der Waals surface area contributed by atoms with E-state index in [1.165, 1.54) is 18.2 Å². The van der Waals surface area contributed by atoms with Gasteiger partial charge in [-0.25, -0.2) is 13.4 Å². The molecule has 166 valence electrons. The lowest BCUT2D eigenvalue weighted by molar-refractivity contribution is -0.137. The molecule has 4 aromatic rings. The highest BCUT2D eigenvalue weighted by molar-refractivity contribution is 7.92. The fraction of sp³-hybridized carbons (Fsp3) is 0.0952. The summed E-state index contributed by atoms with van der Waals surface area (Å²) < 4.78 is 99.5. The Kier molecular flexibility index (Phi) is 5.04. The largest absolute Gasteiger partial charge is 0.501 e. The van der Waals surface area contributed by atoms with Gasteiger partial charge >= 0.3 is 11.7 Å². The van der Waals surface area contributed by atoms with E-state index in [0.717, 1.165) is 24.3 Å². The normalized spacial score (nSPS) is 12.9. The zero-order chi connectivity index (χ0) is 23.3. The van der Waals surface area contributed by atoms with Crippen LogP contribution in [0.15, 0.2) is 71.6 Å². The first-order valence-corrected chi connectivity index (χ1v) is 10.4. The van der Waals surface area contributed by atoms with E-state index in [4.69, 9.17) is 0 Å². The van der Waals surface area contributed by atoms with E-state index in [-0.39, 0.29) is 5.52 Å². The van der Waals surface area contributed by atoms with Gasteiger partial charge in [0.25, 0.3) is 9.84 Å². The Morgan fingerprint density at radius 1 is 0.719 bits per heavy atom. The zero-order valence-corrected chi connectivity index (χ0v) is 16.6. The van der Waals surface area contributed by atoms with Gasteiger partial charge in [0.2, 0.25) is 0 Å². The second-order valence-corrected chi connectivity index (χ2v) is 8.81. The van der Waals surface area contributed by atoms with Crippen LogP contribution in [0.1, 0.15) is 5.56 Å². The summed E-state index contributed by atoms with van der Waals surface area (Å²) in [6.45, 7) is 0. The number of aromatic amines is 1. The number of nitrogens with zero attached hydrogens (tertiary/aromatic N) is 1. The van der Waals surface area contributed by atoms with Crippen LogP contribution < -0.4 is 0 Å². The standard InChI is InChI=1S/C21H12F6N2O2S/c22-20(23,24)15-7-10-17-18(11-15)29-19(28-17)14-3-1-12(2-4-14)13-5-8-16(9-6-13)32(30,31)21(25,26)27/h1-11H,(H,28,29). The lowest BCUT2D eigenvalue weighted by Crippen LogP contribution is -2.23. The van der Waals surface area contributed by atoms with Crippen LogP contribution in [-0.4, -0.2) is 23.9 Å². The van der Waals surface area contributed by atoms with E-state index < -0.39 is 32.0 Å². The molecule has 0 aliphatic heterocycles. The molecule has 0 amide bonds. The van der Waals surface area contributed by atoms with Crippen molar-refractivity contribution >= 4 is 20.9 Å². The van der Waals surface area contributed by atoms with Crippen molar-refractivity contribution in [3.8, 4) is 22.5 Å². The molecule has 0 aliphatic rings. The Morgan fingerprint density at radius 2 is 1.25 bits per heavy atom. The van der Waals surface area contributed by atoms with Gasteiger partial charge < -0.3 is 4.98 Å². The molecule has 0 radical (unpaired) electrons. The molecular weight excluding hydrogens is 458 g/mol. The maximum Gasteiger partial charge on any atom is 0.501 e. The molecule has 0 fully saturated rings. The molecule has 1 heterocycles. The van der Waals surface area contributed by atoms with Crippen LogP contribution in [0.5, 0.6) is 0 Å². The average molecular weight is 470 g/mol. The van der Waals surface area contributed by atoms with Gasteiger partial charge in [-0.1, -0.05) is 36.4 Å². The third-order valence-electron chi connectivity index (χ3n) is 4.77. The Balaban J connectivity index is 1.61. The summed E-state index contributed by atoms with van der Waals surface area (Å²) in [5, 5.41) is 0. The minimum atomic E-state index is -5.43. The Bertz CT molecular complexity index is 1390. The van der Waals surface area contributed by atoms with Crippen molar-refractivity contribution < 1.29 is 34.8 Å². The topological polar surface area (TPSA) is 62.8 Å². The van der Waals surface area contributed by atoms with Crippen molar-refractivity contribution in [2.24, 2.45) is 0 Å². The smallest absolute Gasteiger partial charge is 0.338 e. The summed E-state index contributed by atoms with van der Waals surface area (Å²) in [6, 6.07) is 14.0. The second kappa shape index (κ2) is 7.37. The third kappa shape index (κ3) is 3.95.